The van der Waals surface area contributed by atoms with Gasteiger partial charge in [0.25, 0.3) is 10.1 Å². The summed E-state index contributed by atoms with van der Waals surface area (Å²) >= 11 is 0. The summed E-state index contributed by atoms with van der Waals surface area (Å²) in [5.41, 5.74) is 2.21. The first kappa shape index (κ1) is 24.9. The molecule has 0 aliphatic heterocycles. The van der Waals surface area contributed by atoms with Crippen molar-refractivity contribution in [1.29, 1.82) is 0 Å². The highest BCUT2D eigenvalue weighted by molar-refractivity contribution is 7.85. The van der Waals surface area contributed by atoms with Crippen LogP contribution < -0.4 is 10.7 Å². The van der Waals surface area contributed by atoms with Crippen LogP contribution in [0.1, 0.15) is 25.1 Å². The molecule has 36 heavy (non-hydrogen) atoms. The number of aromatic nitrogens is 4. The predicted molar refractivity (Wildman–Crippen MR) is 134 cm³/mol. The van der Waals surface area contributed by atoms with Crippen molar-refractivity contribution < 1.29 is 21.8 Å². The highest BCUT2D eigenvalue weighted by atomic mass is 32.2. The summed E-state index contributed by atoms with van der Waals surface area (Å²) < 4.78 is 46.1. The predicted octanol–water partition coefficient (Wildman–Crippen LogP) is 4.33. The molecule has 0 saturated heterocycles. The summed E-state index contributed by atoms with van der Waals surface area (Å²) in [5, 5.41) is 3.77. The summed E-state index contributed by atoms with van der Waals surface area (Å²) in [6, 6.07) is 12.6. The van der Waals surface area contributed by atoms with E-state index in [0.29, 0.717) is 57.5 Å². The molecule has 0 fully saturated rings. The number of aromatic amines is 1. The van der Waals surface area contributed by atoms with Crippen LogP contribution in [0.3, 0.4) is 0 Å². The molecule has 0 bridgehead atoms. The number of fused-ring (bicyclic) bond motifs is 2. The quantitative estimate of drug-likeness (QED) is 0.293. The highest BCUT2D eigenvalue weighted by Gasteiger charge is 2.24. The molecule has 3 heterocycles. The van der Waals surface area contributed by atoms with Crippen molar-refractivity contribution in [1.82, 2.24) is 19.9 Å². The number of nitrogens with one attached hydrogen (secondary N) is 2. The van der Waals surface area contributed by atoms with E-state index in [1.54, 1.807) is 36.7 Å². The lowest BCUT2D eigenvalue weighted by molar-refractivity contribution is 0.490. The van der Waals surface area contributed by atoms with Crippen molar-refractivity contribution >= 4 is 38.1 Å². The lowest BCUT2D eigenvalue weighted by atomic mass is 9.97. The van der Waals surface area contributed by atoms with Gasteiger partial charge in [-0.05, 0) is 36.2 Å². The first-order chi connectivity index (χ1) is 17.2. The number of H-pyrrole nitrogens is 1. The number of benzene rings is 2. The van der Waals surface area contributed by atoms with Crippen molar-refractivity contribution in [3.63, 3.8) is 0 Å². The molecule has 0 amide bonds. The van der Waals surface area contributed by atoms with Gasteiger partial charge in [0, 0.05) is 0 Å². The molecule has 3 aromatic heterocycles. The van der Waals surface area contributed by atoms with Gasteiger partial charge < -0.3 is 14.7 Å². The Bertz CT molecular complexity index is 1690. The monoisotopic (exact) mass is 511 g/mol. The Morgan fingerprint density at radius 2 is 1.89 bits per heavy atom. The number of rotatable bonds is 5. The summed E-state index contributed by atoms with van der Waals surface area (Å²) in [4.78, 5) is 29.1. The first-order valence-corrected chi connectivity index (χ1v) is 12.6. The van der Waals surface area contributed by atoms with Gasteiger partial charge in [0.05, 0.1) is 29.6 Å². The Morgan fingerprint density at radius 1 is 1.14 bits per heavy atom. The molecule has 0 aliphatic rings. The second-order valence-electron chi connectivity index (χ2n) is 7.84. The fraction of sp³-hybridized carbons (Fsp3) is 0.167. The molecule has 3 N–H and O–H groups in total. The summed E-state index contributed by atoms with van der Waals surface area (Å²) in [6.07, 6.45) is 4.27. The topological polar surface area (TPSA) is 151 Å². The molecule has 12 heteroatoms. The van der Waals surface area contributed by atoms with Crippen molar-refractivity contribution in [2.24, 2.45) is 0 Å². The molecule has 0 saturated carbocycles. The average Bonchev–Trinajstić information content (AvgIpc) is 3.31. The van der Waals surface area contributed by atoms with E-state index in [9.17, 15) is 17.6 Å². The van der Waals surface area contributed by atoms with E-state index in [2.05, 4.69) is 25.3 Å². The van der Waals surface area contributed by atoms with E-state index >= 15 is 0 Å². The minimum Gasteiger partial charge on any atom is -0.458 e. The molecular weight excluding hydrogens is 489 g/mol. The van der Waals surface area contributed by atoms with Crippen LogP contribution in [0.25, 0.3) is 33.3 Å². The third kappa shape index (κ3) is 5.56. The second kappa shape index (κ2) is 10.2. The average molecular weight is 512 g/mol. The van der Waals surface area contributed by atoms with Crippen molar-refractivity contribution in [3.8, 4) is 11.1 Å². The van der Waals surface area contributed by atoms with Crippen LogP contribution >= 0.6 is 0 Å². The maximum absolute atomic E-state index is 14.0. The molecule has 0 radical (unpaired) electrons. The Hall–Kier alpha value is -4.16. The molecule has 0 spiro atoms. The Kier molecular flexibility index (Phi) is 7.08. The number of anilines is 1. The molecule has 5 rings (SSSR count). The highest BCUT2D eigenvalue weighted by Crippen LogP contribution is 2.33. The van der Waals surface area contributed by atoms with Crippen molar-refractivity contribution in [2.75, 3.05) is 11.6 Å². The van der Waals surface area contributed by atoms with E-state index in [1.165, 1.54) is 18.5 Å². The third-order valence-corrected chi connectivity index (χ3v) is 5.19. The van der Waals surface area contributed by atoms with Gasteiger partial charge in [0.15, 0.2) is 11.5 Å². The minimum absolute atomic E-state index is 0.213. The summed E-state index contributed by atoms with van der Waals surface area (Å²) in [5.74, 6) is 0.504. The molecule has 5 aromatic rings. The van der Waals surface area contributed by atoms with E-state index < -0.39 is 22.0 Å². The number of halogens is 1. The molecule has 10 nitrogen and oxygen atoms in total. The van der Waals surface area contributed by atoms with E-state index in [4.69, 9.17) is 8.97 Å². The van der Waals surface area contributed by atoms with Crippen molar-refractivity contribution in [2.45, 2.75) is 19.4 Å². The SMILES string of the molecule is CC[C@H](Nc1ncnc2[nH]cnc12)c1oc2ccccc2c(=O)c1-c1cccc(F)c1.CS(=O)(=O)O. The van der Waals surface area contributed by atoms with Crippen LogP contribution in [0.2, 0.25) is 0 Å². The molecular formula is C24H22FN5O5S. The Labute approximate surface area is 205 Å². The molecule has 186 valence electrons. The van der Waals surface area contributed by atoms with Gasteiger partial charge in [0.1, 0.15) is 29.0 Å². The number of hydrogen-bond acceptors (Lipinski definition) is 8. The number of hydrogen-bond donors (Lipinski definition) is 3. The van der Waals surface area contributed by atoms with Gasteiger partial charge >= 0.3 is 0 Å². The largest absolute Gasteiger partial charge is 0.458 e. The van der Waals surface area contributed by atoms with Crippen LogP contribution in [-0.2, 0) is 10.1 Å². The van der Waals surface area contributed by atoms with Crippen LogP contribution in [0.5, 0.6) is 0 Å². The number of imidazole rings is 1. The minimum atomic E-state index is -3.67. The number of nitrogens with zero attached hydrogens (tertiary/aromatic N) is 3. The van der Waals surface area contributed by atoms with Gasteiger partial charge in [0.2, 0.25) is 5.43 Å². The lowest BCUT2D eigenvalue weighted by Gasteiger charge is -2.20. The summed E-state index contributed by atoms with van der Waals surface area (Å²) in [6.45, 7) is 1.96. The van der Waals surface area contributed by atoms with Gasteiger partial charge in [-0.15, -0.1) is 0 Å². The maximum Gasteiger partial charge on any atom is 0.261 e. The Balaban J connectivity index is 0.000000556. The lowest BCUT2D eigenvalue weighted by Crippen LogP contribution is -2.17. The zero-order valence-corrected chi connectivity index (χ0v) is 20.1. The van der Waals surface area contributed by atoms with E-state index in [-0.39, 0.29) is 5.43 Å². The molecule has 2 aromatic carbocycles. The van der Waals surface area contributed by atoms with E-state index in [0.717, 1.165) is 0 Å². The Morgan fingerprint density at radius 3 is 2.61 bits per heavy atom. The fourth-order valence-corrected chi connectivity index (χ4v) is 3.71. The van der Waals surface area contributed by atoms with Crippen LogP contribution in [0.4, 0.5) is 10.2 Å². The smallest absolute Gasteiger partial charge is 0.261 e. The van der Waals surface area contributed by atoms with Crippen LogP contribution in [-0.4, -0.2) is 39.2 Å². The van der Waals surface area contributed by atoms with Gasteiger partial charge in [-0.25, -0.2) is 19.3 Å². The zero-order valence-electron chi connectivity index (χ0n) is 19.3. The van der Waals surface area contributed by atoms with Gasteiger partial charge in [-0.3, -0.25) is 9.35 Å². The van der Waals surface area contributed by atoms with Gasteiger partial charge in [-0.1, -0.05) is 31.2 Å². The van der Waals surface area contributed by atoms with Crippen LogP contribution in [0, 0.1) is 5.82 Å². The maximum atomic E-state index is 14.0. The first-order valence-electron chi connectivity index (χ1n) is 10.8. The standard InChI is InChI=1S/C23H18FN5O2.CH4O3S/c1-2-16(29-23-19-22(26-11-25-19)27-12-28-23)21-18(13-6-5-7-14(24)10-13)20(30)15-8-3-4-9-17(15)31-21;1-5(2,3)4/h3-12,16H,2H2,1H3,(H2,25,26,27,28,29);1H3,(H,2,3,4)/t16-;/m0./s1. The zero-order chi connectivity index (χ0) is 25.9. The van der Waals surface area contributed by atoms with Crippen LogP contribution in [0.15, 0.2) is 70.4 Å². The summed E-state index contributed by atoms with van der Waals surface area (Å²) in [7, 11) is -3.67. The molecule has 1 atom stereocenters. The molecule has 0 unspecified atom stereocenters. The normalized spacial score (nSPS) is 12.2. The third-order valence-electron chi connectivity index (χ3n) is 5.19. The fourth-order valence-electron chi connectivity index (χ4n) is 3.71. The van der Waals surface area contributed by atoms with Gasteiger partial charge in [-0.2, -0.15) is 8.42 Å². The van der Waals surface area contributed by atoms with E-state index in [1.807, 2.05) is 13.0 Å². The van der Waals surface area contributed by atoms with Crippen molar-refractivity contribution in [3.05, 3.63) is 83.0 Å². The number of para-hydroxylation sites is 1. The second-order valence-corrected chi connectivity index (χ2v) is 9.30. The molecule has 0 aliphatic carbocycles.